The molecule has 1 amide bonds. The Bertz CT molecular complexity index is 897. The van der Waals surface area contributed by atoms with Gasteiger partial charge in [-0.25, -0.2) is 8.78 Å². The third kappa shape index (κ3) is 3.77. The lowest BCUT2D eigenvalue weighted by Gasteiger charge is -2.07. The molecular formula is C18H13F2N3O2. The van der Waals surface area contributed by atoms with E-state index in [0.717, 1.165) is 17.7 Å². The van der Waals surface area contributed by atoms with E-state index in [4.69, 9.17) is 4.74 Å². The molecule has 5 nitrogen and oxygen atoms in total. The average Bonchev–Trinajstić information content (AvgIpc) is 2.62. The number of aromatic nitrogens is 2. The molecule has 0 spiro atoms. The quantitative estimate of drug-likeness (QED) is 0.786. The lowest BCUT2D eigenvalue weighted by atomic mass is 10.1. The molecule has 1 N–H and O–H groups in total. The number of methoxy groups -OCH3 is 1. The Balaban J connectivity index is 1.74. The Labute approximate surface area is 142 Å². The summed E-state index contributed by atoms with van der Waals surface area (Å²) in [6.45, 7) is 0. The van der Waals surface area contributed by atoms with Gasteiger partial charge in [-0.3, -0.25) is 4.79 Å². The Kier molecular flexibility index (Phi) is 4.65. The first-order valence-electron chi connectivity index (χ1n) is 7.31. The zero-order valence-corrected chi connectivity index (χ0v) is 13.2. The fourth-order valence-electron chi connectivity index (χ4n) is 2.18. The molecule has 0 aliphatic carbocycles. The Morgan fingerprint density at radius 2 is 1.76 bits per heavy atom. The summed E-state index contributed by atoms with van der Waals surface area (Å²) in [5, 5.41) is 10.5. The van der Waals surface area contributed by atoms with E-state index in [1.807, 2.05) is 0 Å². The predicted octanol–water partition coefficient (Wildman–Crippen LogP) is 3.68. The molecule has 1 heterocycles. The van der Waals surface area contributed by atoms with Crippen molar-refractivity contribution < 1.29 is 18.3 Å². The number of benzene rings is 2. The minimum absolute atomic E-state index is 0.230. The average molecular weight is 341 g/mol. The van der Waals surface area contributed by atoms with Crippen LogP contribution in [0.2, 0.25) is 0 Å². The fraction of sp³-hybridized carbons (Fsp3) is 0.0556. The largest absolute Gasteiger partial charge is 0.480 e. The molecule has 25 heavy (non-hydrogen) atoms. The number of hydrogen-bond acceptors (Lipinski definition) is 4. The molecule has 0 saturated heterocycles. The molecule has 3 aromatic rings. The fourth-order valence-corrected chi connectivity index (χ4v) is 2.18. The van der Waals surface area contributed by atoms with Gasteiger partial charge in [-0.05, 0) is 30.3 Å². The molecule has 0 saturated carbocycles. The third-order valence-electron chi connectivity index (χ3n) is 3.46. The molecule has 0 aliphatic rings. The third-order valence-corrected chi connectivity index (χ3v) is 3.46. The van der Waals surface area contributed by atoms with Gasteiger partial charge in [0.2, 0.25) is 5.88 Å². The maximum Gasteiger partial charge on any atom is 0.258 e. The number of carbonyl (C=O) groups excluding carboxylic acids is 1. The minimum atomic E-state index is -0.914. The lowest BCUT2D eigenvalue weighted by molar-refractivity contribution is 0.102. The van der Waals surface area contributed by atoms with Gasteiger partial charge in [0.1, 0.15) is 11.6 Å². The maximum atomic E-state index is 13.6. The normalized spacial score (nSPS) is 10.4. The van der Waals surface area contributed by atoms with Crippen LogP contribution in [0.1, 0.15) is 10.4 Å². The van der Waals surface area contributed by atoms with Crippen molar-refractivity contribution in [2.24, 2.45) is 0 Å². The number of carbonyl (C=O) groups is 1. The van der Waals surface area contributed by atoms with Gasteiger partial charge in [-0.2, -0.15) is 0 Å². The van der Waals surface area contributed by atoms with Crippen LogP contribution in [0.15, 0.2) is 54.6 Å². The van der Waals surface area contributed by atoms with Crippen LogP contribution in [0.25, 0.3) is 11.3 Å². The van der Waals surface area contributed by atoms with Crippen LogP contribution < -0.4 is 10.1 Å². The van der Waals surface area contributed by atoms with Crippen molar-refractivity contribution in [3.63, 3.8) is 0 Å². The minimum Gasteiger partial charge on any atom is -0.480 e. The molecule has 0 fully saturated rings. The van der Waals surface area contributed by atoms with Crippen LogP contribution in [0, 0.1) is 11.6 Å². The smallest absolute Gasteiger partial charge is 0.258 e. The highest BCUT2D eigenvalue weighted by atomic mass is 19.1. The Hall–Kier alpha value is -3.35. The highest BCUT2D eigenvalue weighted by molar-refractivity contribution is 6.04. The van der Waals surface area contributed by atoms with Crippen LogP contribution >= 0.6 is 0 Å². The summed E-state index contributed by atoms with van der Waals surface area (Å²) in [7, 11) is 1.51. The molecule has 126 valence electrons. The molecule has 0 radical (unpaired) electrons. The first kappa shape index (κ1) is 16.5. The van der Waals surface area contributed by atoms with Crippen LogP contribution in [0.3, 0.4) is 0 Å². The van der Waals surface area contributed by atoms with Crippen LogP contribution in [-0.4, -0.2) is 23.2 Å². The summed E-state index contributed by atoms with van der Waals surface area (Å²) in [6, 6.07) is 13.0. The lowest BCUT2D eigenvalue weighted by Crippen LogP contribution is -2.13. The molecule has 0 aliphatic heterocycles. The van der Waals surface area contributed by atoms with E-state index in [2.05, 4.69) is 15.5 Å². The highest BCUT2D eigenvalue weighted by Gasteiger charge is 2.12. The van der Waals surface area contributed by atoms with Crippen molar-refractivity contribution in [3.8, 4) is 17.1 Å². The molecule has 0 atom stereocenters. The van der Waals surface area contributed by atoms with Gasteiger partial charge < -0.3 is 10.1 Å². The van der Waals surface area contributed by atoms with E-state index in [1.54, 1.807) is 36.4 Å². The summed E-state index contributed by atoms with van der Waals surface area (Å²) in [6.07, 6.45) is 0. The van der Waals surface area contributed by atoms with Gasteiger partial charge in [-0.15, -0.1) is 10.2 Å². The maximum absolute atomic E-state index is 13.6. The van der Waals surface area contributed by atoms with E-state index in [9.17, 15) is 13.6 Å². The second-order valence-electron chi connectivity index (χ2n) is 5.12. The highest BCUT2D eigenvalue weighted by Crippen LogP contribution is 2.21. The molecule has 2 aromatic carbocycles. The SMILES string of the molecule is COc1ccc(-c2ccc(NC(=O)c3ccc(F)cc3F)cc2)nn1. The first-order valence-corrected chi connectivity index (χ1v) is 7.31. The van der Waals surface area contributed by atoms with Crippen molar-refractivity contribution >= 4 is 11.6 Å². The number of nitrogens with one attached hydrogen (secondary N) is 1. The van der Waals surface area contributed by atoms with E-state index >= 15 is 0 Å². The van der Waals surface area contributed by atoms with Gasteiger partial charge in [-0.1, -0.05) is 12.1 Å². The monoisotopic (exact) mass is 341 g/mol. The van der Waals surface area contributed by atoms with Gasteiger partial charge >= 0.3 is 0 Å². The zero-order valence-electron chi connectivity index (χ0n) is 13.2. The number of nitrogens with zero attached hydrogens (tertiary/aromatic N) is 2. The number of anilines is 1. The van der Waals surface area contributed by atoms with Crippen molar-refractivity contribution in [2.75, 3.05) is 12.4 Å². The number of halogens is 2. The van der Waals surface area contributed by atoms with Crippen LogP contribution in [0.4, 0.5) is 14.5 Å². The van der Waals surface area contributed by atoms with Crippen LogP contribution in [0.5, 0.6) is 5.88 Å². The molecule has 1 aromatic heterocycles. The number of ether oxygens (including phenoxy) is 1. The molecule has 0 unspecified atom stereocenters. The second kappa shape index (κ2) is 7.04. The number of amides is 1. The molecule has 7 heteroatoms. The van der Waals surface area contributed by atoms with E-state index in [0.29, 0.717) is 23.3 Å². The summed E-state index contributed by atoms with van der Waals surface area (Å²) in [5.41, 5.74) is 1.68. The standard InChI is InChI=1S/C18H13F2N3O2/c1-25-17-9-8-16(22-23-17)11-2-5-13(6-3-11)21-18(24)14-7-4-12(19)10-15(14)20/h2-10H,1H3,(H,21,24). The summed E-state index contributed by atoms with van der Waals surface area (Å²) in [4.78, 5) is 12.1. The van der Waals surface area contributed by atoms with Gasteiger partial charge in [0.25, 0.3) is 5.91 Å². The van der Waals surface area contributed by atoms with Gasteiger partial charge in [0.15, 0.2) is 0 Å². The Morgan fingerprint density at radius 3 is 2.36 bits per heavy atom. The van der Waals surface area contributed by atoms with Crippen molar-refractivity contribution in [1.29, 1.82) is 0 Å². The van der Waals surface area contributed by atoms with E-state index in [-0.39, 0.29) is 5.56 Å². The van der Waals surface area contributed by atoms with E-state index in [1.165, 1.54) is 7.11 Å². The van der Waals surface area contributed by atoms with Gasteiger partial charge in [0.05, 0.1) is 18.4 Å². The summed E-state index contributed by atoms with van der Waals surface area (Å²) >= 11 is 0. The Morgan fingerprint density at radius 1 is 1.00 bits per heavy atom. The van der Waals surface area contributed by atoms with Crippen molar-refractivity contribution in [3.05, 3.63) is 71.8 Å². The van der Waals surface area contributed by atoms with Crippen molar-refractivity contribution in [1.82, 2.24) is 10.2 Å². The number of rotatable bonds is 4. The molecular weight excluding hydrogens is 328 g/mol. The van der Waals surface area contributed by atoms with Crippen molar-refractivity contribution in [2.45, 2.75) is 0 Å². The molecule has 0 bridgehead atoms. The molecule has 3 rings (SSSR count). The summed E-state index contributed by atoms with van der Waals surface area (Å²) in [5.74, 6) is -1.90. The topological polar surface area (TPSA) is 64.1 Å². The van der Waals surface area contributed by atoms with E-state index < -0.39 is 17.5 Å². The van der Waals surface area contributed by atoms with Crippen LogP contribution in [-0.2, 0) is 0 Å². The predicted molar refractivity (Wildman–Crippen MR) is 88.3 cm³/mol. The summed E-state index contributed by atoms with van der Waals surface area (Å²) < 4.78 is 31.5. The number of hydrogen-bond donors (Lipinski definition) is 1. The second-order valence-corrected chi connectivity index (χ2v) is 5.12. The van der Waals surface area contributed by atoms with Gasteiger partial charge in [0, 0.05) is 23.4 Å². The first-order chi connectivity index (χ1) is 12.1. The zero-order chi connectivity index (χ0) is 17.8.